The molecule has 0 spiro atoms. The maximum Gasteiger partial charge on any atom is 0.319 e. The van der Waals surface area contributed by atoms with Crippen LogP contribution < -0.4 is 5.56 Å². The van der Waals surface area contributed by atoms with Crippen LogP contribution in [-0.4, -0.2) is 27.4 Å². The molecule has 0 radical (unpaired) electrons. The van der Waals surface area contributed by atoms with Gasteiger partial charge in [-0.3, -0.25) is 14.2 Å². The molecule has 5 nitrogen and oxygen atoms in total. The minimum atomic E-state index is -0.263. The highest BCUT2D eigenvalue weighted by Crippen LogP contribution is 2.28. The summed E-state index contributed by atoms with van der Waals surface area (Å²) in [6, 6.07) is 7.30. The summed E-state index contributed by atoms with van der Waals surface area (Å²) in [5.74, 6) is -0.217. The number of esters is 1. The third-order valence-electron chi connectivity index (χ3n) is 3.41. The highest BCUT2D eigenvalue weighted by atomic mass is 32.2. The largest absolute Gasteiger partial charge is 0.465 e. The Morgan fingerprint density at radius 2 is 2.19 bits per heavy atom. The van der Waals surface area contributed by atoms with Crippen molar-refractivity contribution in [1.82, 2.24) is 9.55 Å². The van der Waals surface area contributed by atoms with Crippen molar-refractivity contribution in [1.29, 1.82) is 0 Å². The molecule has 2 aromatic rings. The number of hydrogen-bond acceptors (Lipinski definition) is 5. The Kier molecular flexibility index (Phi) is 3.96. The molecule has 2 heterocycles. The molecule has 1 aromatic carbocycles. The number of fused-ring (bicyclic) bond motifs is 1. The van der Waals surface area contributed by atoms with Gasteiger partial charge < -0.3 is 4.74 Å². The van der Waals surface area contributed by atoms with Crippen molar-refractivity contribution in [3.05, 3.63) is 34.6 Å². The topological polar surface area (TPSA) is 61.2 Å². The molecule has 1 fully saturated rings. The third kappa shape index (κ3) is 2.68. The first-order valence-corrected chi connectivity index (χ1v) is 7.91. The molecule has 3 rings (SSSR count). The minimum Gasteiger partial charge on any atom is -0.465 e. The lowest BCUT2D eigenvalue weighted by Gasteiger charge is -2.13. The molecule has 21 heavy (non-hydrogen) atoms. The van der Waals surface area contributed by atoms with Crippen LogP contribution in [-0.2, 0) is 16.1 Å². The van der Waals surface area contributed by atoms with Gasteiger partial charge in [-0.05, 0) is 18.6 Å². The number of cyclic esters (lactones) is 1. The fourth-order valence-electron chi connectivity index (χ4n) is 2.37. The van der Waals surface area contributed by atoms with E-state index in [4.69, 9.17) is 4.74 Å². The minimum absolute atomic E-state index is 0.0451. The molecule has 0 bridgehead atoms. The van der Waals surface area contributed by atoms with Crippen LogP contribution in [0.15, 0.2) is 34.2 Å². The summed E-state index contributed by atoms with van der Waals surface area (Å²) < 4.78 is 6.65. The number of nitrogens with zero attached hydrogens (tertiary/aromatic N) is 2. The number of aromatic nitrogens is 2. The van der Waals surface area contributed by atoms with E-state index in [-0.39, 0.29) is 16.8 Å². The van der Waals surface area contributed by atoms with Gasteiger partial charge in [0.25, 0.3) is 5.56 Å². The number of ether oxygens (including phenoxy) is 1. The van der Waals surface area contributed by atoms with Crippen LogP contribution in [0.3, 0.4) is 0 Å². The maximum atomic E-state index is 12.6. The lowest BCUT2D eigenvalue weighted by Crippen LogP contribution is -2.24. The van der Waals surface area contributed by atoms with Gasteiger partial charge in [0, 0.05) is 13.0 Å². The summed E-state index contributed by atoms with van der Waals surface area (Å²) in [5, 5.41) is 0.954. The molecule has 1 aromatic heterocycles. The highest BCUT2D eigenvalue weighted by molar-refractivity contribution is 8.00. The van der Waals surface area contributed by atoms with Crippen LogP contribution in [0.4, 0.5) is 0 Å². The number of rotatable bonds is 4. The molecule has 1 saturated heterocycles. The van der Waals surface area contributed by atoms with Gasteiger partial charge in [0.1, 0.15) is 5.25 Å². The standard InChI is InChI=1S/C15H16N2O3S/c1-2-8-17-13(18)10-5-3-4-6-11(10)16-15(17)21-12-7-9-20-14(12)19/h3-6,12H,2,7-9H2,1H3/t12-/m0/s1. The molecular formula is C15H16N2O3S. The van der Waals surface area contributed by atoms with Gasteiger partial charge >= 0.3 is 5.97 Å². The van der Waals surface area contributed by atoms with E-state index in [1.807, 2.05) is 25.1 Å². The lowest BCUT2D eigenvalue weighted by atomic mass is 10.2. The summed E-state index contributed by atoms with van der Waals surface area (Å²) >= 11 is 1.33. The van der Waals surface area contributed by atoms with Crippen molar-refractivity contribution in [2.45, 2.75) is 36.7 Å². The van der Waals surface area contributed by atoms with Gasteiger partial charge in [0.2, 0.25) is 0 Å². The van der Waals surface area contributed by atoms with Crippen LogP contribution in [0.5, 0.6) is 0 Å². The molecule has 1 aliphatic heterocycles. The van der Waals surface area contributed by atoms with Crippen molar-refractivity contribution in [3.8, 4) is 0 Å². The SMILES string of the molecule is CCCn1c(S[C@H]2CCOC2=O)nc2ccccc2c1=O. The zero-order valence-electron chi connectivity index (χ0n) is 11.7. The fourth-order valence-corrected chi connectivity index (χ4v) is 3.46. The van der Waals surface area contributed by atoms with Crippen LogP contribution in [0.25, 0.3) is 10.9 Å². The number of carbonyl (C=O) groups excluding carboxylic acids is 1. The second-order valence-corrected chi connectivity index (χ2v) is 6.10. The summed E-state index contributed by atoms with van der Waals surface area (Å²) in [6.45, 7) is 3.06. The van der Waals surface area contributed by atoms with Crippen LogP contribution in [0, 0.1) is 0 Å². The van der Waals surface area contributed by atoms with E-state index in [0.717, 1.165) is 6.42 Å². The molecule has 1 atom stereocenters. The van der Waals surface area contributed by atoms with Crippen molar-refractivity contribution in [2.75, 3.05) is 6.61 Å². The normalized spacial score (nSPS) is 18.1. The van der Waals surface area contributed by atoms with Gasteiger partial charge in [-0.25, -0.2) is 4.98 Å². The van der Waals surface area contributed by atoms with Crippen molar-refractivity contribution >= 4 is 28.6 Å². The van der Waals surface area contributed by atoms with Crippen LogP contribution >= 0.6 is 11.8 Å². The Morgan fingerprint density at radius 1 is 1.38 bits per heavy atom. The van der Waals surface area contributed by atoms with E-state index in [0.29, 0.717) is 35.6 Å². The summed E-state index contributed by atoms with van der Waals surface area (Å²) in [6.07, 6.45) is 1.50. The Morgan fingerprint density at radius 3 is 2.90 bits per heavy atom. The first-order chi connectivity index (χ1) is 10.2. The fraction of sp³-hybridized carbons (Fsp3) is 0.400. The van der Waals surface area contributed by atoms with E-state index in [2.05, 4.69) is 4.98 Å². The van der Waals surface area contributed by atoms with Crippen molar-refractivity contribution in [3.63, 3.8) is 0 Å². The van der Waals surface area contributed by atoms with Gasteiger partial charge in [0.05, 0.1) is 17.5 Å². The molecule has 110 valence electrons. The third-order valence-corrected chi connectivity index (χ3v) is 4.64. The average Bonchev–Trinajstić information content (AvgIpc) is 2.88. The number of carbonyl (C=O) groups is 1. The highest BCUT2D eigenvalue weighted by Gasteiger charge is 2.29. The molecular weight excluding hydrogens is 288 g/mol. The second-order valence-electron chi connectivity index (χ2n) is 4.93. The van der Waals surface area contributed by atoms with E-state index in [9.17, 15) is 9.59 Å². The molecule has 0 aliphatic carbocycles. The summed E-state index contributed by atoms with van der Waals surface area (Å²) in [7, 11) is 0. The number of para-hydroxylation sites is 1. The lowest BCUT2D eigenvalue weighted by molar-refractivity contribution is -0.137. The molecule has 6 heteroatoms. The summed E-state index contributed by atoms with van der Waals surface area (Å²) in [4.78, 5) is 28.8. The molecule has 0 unspecified atom stereocenters. The Bertz CT molecular complexity index is 741. The van der Waals surface area contributed by atoms with E-state index < -0.39 is 0 Å². The smallest absolute Gasteiger partial charge is 0.319 e. The van der Waals surface area contributed by atoms with Crippen molar-refractivity contribution in [2.24, 2.45) is 0 Å². The van der Waals surface area contributed by atoms with Gasteiger partial charge in [-0.2, -0.15) is 0 Å². The van der Waals surface area contributed by atoms with Gasteiger partial charge in [0.15, 0.2) is 5.16 Å². The molecule has 1 aliphatic rings. The molecule has 0 amide bonds. The quantitative estimate of drug-likeness (QED) is 0.640. The number of hydrogen-bond donors (Lipinski definition) is 0. The predicted molar refractivity (Wildman–Crippen MR) is 81.5 cm³/mol. The monoisotopic (exact) mass is 304 g/mol. The molecule has 0 N–H and O–H groups in total. The Hall–Kier alpha value is -1.82. The van der Waals surface area contributed by atoms with Crippen LogP contribution in [0.1, 0.15) is 19.8 Å². The zero-order chi connectivity index (χ0) is 14.8. The number of benzene rings is 1. The van der Waals surface area contributed by atoms with E-state index >= 15 is 0 Å². The van der Waals surface area contributed by atoms with Crippen LogP contribution in [0.2, 0.25) is 0 Å². The predicted octanol–water partition coefficient (Wildman–Crippen LogP) is 2.21. The Labute approximate surface area is 126 Å². The van der Waals surface area contributed by atoms with Gasteiger partial charge in [-0.15, -0.1) is 0 Å². The average molecular weight is 304 g/mol. The maximum absolute atomic E-state index is 12.6. The van der Waals surface area contributed by atoms with E-state index in [1.54, 1.807) is 10.6 Å². The first kappa shape index (κ1) is 14.1. The second kappa shape index (κ2) is 5.89. The first-order valence-electron chi connectivity index (χ1n) is 7.03. The van der Waals surface area contributed by atoms with Crippen molar-refractivity contribution < 1.29 is 9.53 Å². The molecule has 0 saturated carbocycles. The number of thioether (sulfide) groups is 1. The Balaban J connectivity index is 2.08. The van der Waals surface area contributed by atoms with E-state index in [1.165, 1.54) is 11.8 Å². The zero-order valence-corrected chi connectivity index (χ0v) is 12.6. The van der Waals surface area contributed by atoms with Gasteiger partial charge in [-0.1, -0.05) is 30.8 Å². The summed E-state index contributed by atoms with van der Waals surface area (Å²) in [5.41, 5.74) is 0.625.